The van der Waals surface area contributed by atoms with E-state index in [0.717, 1.165) is 37.7 Å². The van der Waals surface area contributed by atoms with Gasteiger partial charge in [-0.2, -0.15) is 5.26 Å². The lowest BCUT2D eigenvalue weighted by Crippen LogP contribution is -2.40. The predicted octanol–water partition coefficient (Wildman–Crippen LogP) is 2.97. The minimum atomic E-state index is -0.0104. The fourth-order valence-corrected chi connectivity index (χ4v) is 3.93. The Bertz CT molecular complexity index is 815. The Morgan fingerprint density at radius 2 is 2.12 bits per heavy atom. The van der Waals surface area contributed by atoms with Crippen LogP contribution in [0.4, 0.5) is 0 Å². The number of imidazole rings is 1. The van der Waals surface area contributed by atoms with Gasteiger partial charge < -0.3 is 9.47 Å². The fraction of sp³-hybridized carbons (Fsp3) is 0.500. The Morgan fingerprint density at radius 1 is 1.23 bits per heavy atom. The molecule has 0 radical (unpaired) electrons. The van der Waals surface area contributed by atoms with Crippen molar-refractivity contribution in [2.24, 2.45) is 5.92 Å². The normalized spacial score (nSPS) is 20.4. The second kappa shape index (κ2) is 7.28. The predicted molar refractivity (Wildman–Crippen MR) is 96.4 cm³/mol. The first-order chi connectivity index (χ1) is 12.7. The van der Waals surface area contributed by atoms with Crippen LogP contribution in [0.1, 0.15) is 59.9 Å². The Labute approximate surface area is 153 Å². The minimum Gasteiger partial charge on any atom is -0.338 e. The number of likely N-dealkylation sites (tertiary alicyclic amines) is 1. The summed E-state index contributed by atoms with van der Waals surface area (Å²) in [7, 11) is 0. The summed E-state index contributed by atoms with van der Waals surface area (Å²) in [6.07, 6.45) is 11.5. The molecule has 4 rings (SSSR count). The molecule has 2 fully saturated rings. The summed E-state index contributed by atoms with van der Waals surface area (Å²) in [6, 6.07) is 5.27. The monoisotopic (exact) mass is 349 g/mol. The summed E-state index contributed by atoms with van der Waals surface area (Å²) in [5, 5.41) is 8.85. The molecule has 1 saturated heterocycles. The van der Waals surface area contributed by atoms with Crippen LogP contribution in [-0.2, 0) is 6.54 Å². The van der Waals surface area contributed by atoms with Gasteiger partial charge >= 0.3 is 0 Å². The molecule has 0 unspecified atom stereocenters. The SMILES string of the molecule is N#Cc1ccc(C(=O)N2CCC[C@H](c3nccn3CC3CCC3)C2)cn1. The molecule has 6 nitrogen and oxygen atoms in total. The zero-order valence-electron chi connectivity index (χ0n) is 14.8. The number of nitriles is 1. The molecule has 0 N–H and O–H groups in total. The lowest BCUT2D eigenvalue weighted by atomic mass is 9.85. The maximum absolute atomic E-state index is 12.8. The number of aromatic nitrogens is 3. The number of amides is 1. The average Bonchev–Trinajstić information content (AvgIpc) is 3.13. The Morgan fingerprint density at radius 3 is 2.81 bits per heavy atom. The van der Waals surface area contributed by atoms with Gasteiger partial charge in [-0.1, -0.05) is 6.42 Å². The molecule has 1 aliphatic heterocycles. The third kappa shape index (κ3) is 3.34. The van der Waals surface area contributed by atoms with Gasteiger partial charge in [-0.15, -0.1) is 0 Å². The summed E-state index contributed by atoms with van der Waals surface area (Å²) < 4.78 is 2.30. The minimum absolute atomic E-state index is 0.0104. The van der Waals surface area contributed by atoms with Crippen molar-refractivity contribution in [1.29, 1.82) is 5.26 Å². The van der Waals surface area contributed by atoms with Crippen molar-refractivity contribution in [1.82, 2.24) is 19.4 Å². The number of hydrogen-bond donors (Lipinski definition) is 0. The first-order valence-corrected chi connectivity index (χ1v) is 9.41. The number of rotatable bonds is 4. The van der Waals surface area contributed by atoms with E-state index in [4.69, 9.17) is 5.26 Å². The van der Waals surface area contributed by atoms with E-state index in [-0.39, 0.29) is 11.8 Å². The van der Waals surface area contributed by atoms with E-state index >= 15 is 0 Å². The van der Waals surface area contributed by atoms with Crippen molar-refractivity contribution in [2.45, 2.75) is 44.6 Å². The molecule has 6 heteroatoms. The third-order valence-corrected chi connectivity index (χ3v) is 5.63. The van der Waals surface area contributed by atoms with Crippen molar-refractivity contribution in [3.8, 4) is 6.07 Å². The Kier molecular flexibility index (Phi) is 4.70. The van der Waals surface area contributed by atoms with Gasteiger partial charge in [-0.05, 0) is 43.7 Å². The maximum Gasteiger partial charge on any atom is 0.255 e. The van der Waals surface area contributed by atoms with Crippen molar-refractivity contribution in [3.63, 3.8) is 0 Å². The van der Waals surface area contributed by atoms with E-state index in [2.05, 4.69) is 20.7 Å². The highest BCUT2D eigenvalue weighted by atomic mass is 16.2. The van der Waals surface area contributed by atoms with Crippen molar-refractivity contribution in [3.05, 3.63) is 47.8 Å². The van der Waals surface area contributed by atoms with E-state index in [1.165, 1.54) is 25.5 Å². The molecule has 2 aliphatic rings. The molecule has 2 aromatic rings. The van der Waals surface area contributed by atoms with Gasteiger partial charge in [0.1, 0.15) is 17.6 Å². The van der Waals surface area contributed by atoms with Crippen LogP contribution >= 0.6 is 0 Å². The number of hydrogen-bond acceptors (Lipinski definition) is 4. The van der Waals surface area contributed by atoms with Crippen LogP contribution in [0.5, 0.6) is 0 Å². The van der Waals surface area contributed by atoms with Gasteiger partial charge in [-0.25, -0.2) is 9.97 Å². The van der Waals surface area contributed by atoms with Gasteiger partial charge in [0.05, 0.1) is 5.56 Å². The number of piperidine rings is 1. The highest BCUT2D eigenvalue weighted by Gasteiger charge is 2.29. The topological polar surface area (TPSA) is 74.8 Å². The van der Waals surface area contributed by atoms with Gasteiger partial charge in [0, 0.05) is 44.1 Å². The van der Waals surface area contributed by atoms with Crippen LogP contribution in [0.25, 0.3) is 0 Å². The highest BCUT2D eigenvalue weighted by Crippen LogP contribution is 2.31. The summed E-state index contributed by atoms with van der Waals surface area (Å²) in [5.41, 5.74) is 0.874. The van der Waals surface area contributed by atoms with Gasteiger partial charge in [0.25, 0.3) is 5.91 Å². The molecule has 1 atom stereocenters. The van der Waals surface area contributed by atoms with Crippen LogP contribution in [0.2, 0.25) is 0 Å². The second-order valence-electron chi connectivity index (χ2n) is 7.37. The van der Waals surface area contributed by atoms with E-state index in [1.807, 2.05) is 17.2 Å². The first kappa shape index (κ1) is 16.8. The van der Waals surface area contributed by atoms with E-state index in [0.29, 0.717) is 17.8 Å². The largest absolute Gasteiger partial charge is 0.338 e. The van der Waals surface area contributed by atoms with E-state index < -0.39 is 0 Å². The first-order valence-electron chi connectivity index (χ1n) is 9.41. The van der Waals surface area contributed by atoms with Crippen molar-refractivity contribution >= 4 is 5.91 Å². The van der Waals surface area contributed by atoms with Gasteiger partial charge in [-0.3, -0.25) is 4.79 Å². The van der Waals surface area contributed by atoms with Gasteiger partial charge in [0.15, 0.2) is 0 Å². The number of nitrogens with zero attached hydrogens (tertiary/aromatic N) is 5. The van der Waals surface area contributed by atoms with Crippen LogP contribution in [-0.4, -0.2) is 38.4 Å². The van der Waals surface area contributed by atoms with E-state index in [9.17, 15) is 4.79 Å². The maximum atomic E-state index is 12.8. The Hall–Kier alpha value is -2.68. The molecule has 0 spiro atoms. The summed E-state index contributed by atoms with van der Waals surface area (Å²) in [5.74, 6) is 2.18. The number of carbonyl (C=O) groups excluding carboxylic acids is 1. The highest BCUT2D eigenvalue weighted by molar-refractivity contribution is 5.94. The summed E-state index contributed by atoms with van der Waals surface area (Å²) >= 11 is 0. The smallest absolute Gasteiger partial charge is 0.255 e. The quantitative estimate of drug-likeness (QED) is 0.850. The molecule has 0 bridgehead atoms. The second-order valence-corrected chi connectivity index (χ2v) is 7.37. The van der Waals surface area contributed by atoms with Crippen molar-refractivity contribution < 1.29 is 4.79 Å². The molecule has 134 valence electrons. The summed E-state index contributed by atoms with van der Waals surface area (Å²) in [6.45, 7) is 2.51. The lowest BCUT2D eigenvalue weighted by molar-refractivity contribution is 0.0702. The lowest BCUT2D eigenvalue weighted by Gasteiger charge is -2.33. The zero-order chi connectivity index (χ0) is 17.9. The van der Waals surface area contributed by atoms with E-state index in [1.54, 1.807) is 12.1 Å². The molecule has 1 amide bonds. The molecule has 0 aromatic carbocycles. The van der Waals surface area contributed by atoms with Crippen molar-refractivity contribution in [2.75, 3.05) is 13.1 Å². The van der Waals surface area contributed by atoms with Gasteiger partial charge in [0.2, 0.25) is 0 Å². The molecule has 26 heavy (non-hydrogen) atoms. The van der Waals surface area contributed by atoms with Crippen LogP contribution in [0.15, 0.2) is 30.7 Å². The summed E-state index contributed by atoms with van der Waals surface area (Å²) in [4.78, 5) is 23.3. The number of carbonyl (C=O) groups is 1. The molecule has 2 aromatic heterocycles. The standard InChI is InChI=1S/C20H23N5O/c21-11-18-7-6-16(12-23-18)20(26)25-9-2-5-17(14-25)19-22-8-10-24(19)13-15-3-1-4-15/h6-8,10,12,15,17H,1-5,9,13-14H2/t17-/m0/s1. The zero-order valence-corrected chi connectivity index (χ0v) is 14.8. The average molecular weight is 349 g/mol. The molecular formula is C20H23N5O. The van der Waals surface area contributed by atoms with Crippen LogP contribution in [0.3, 0.4) is 0 Å². The molecule has 3 heterocycles. The fourth-order valence-electron chi connectivity index (χ4n) is 3.93. The molecule has 1 saturated carbocycles. The Balaban J connectivity index is 1.46. The molecule has 1 aliphatic carbocycles. The molecular weight excluding hydrogens is 326 g/mol. The third-order valence-electron chi connectivity index (χ3n) is 5.63. The van der Waals surface area contributed by atoms with Crippen LogP contribution in [0, 0.1) is 17.2 Å². The number of pyridine rings is 1. The van der Waals surface area contributed by atoms with Crippen LogP contribution < -0.4 is 0 Å².